The maximum Gasteiger partial charge on any atom is 0.00972 e. The fourth-order valence-electron chi connectivity index (χ4n) is 6.87. The van der Waals surface area contributed by atoms with Gasteiger partial charge in [0.05, 0.1) is 0 Å². The molecule has 1 unspecified atom stereocenters. The van der Waals surface area contributed by atoms with Gasteiger partial charge in [-0.3, -0.25) is 9.80 Å². The molecule has 2 spiro atoms. The highest BCUT2D eigenvalue weighted by molar-refractivity contribution is 5.05. The summed E-state index contributed by atoms with van der Waals surface area (Å²) in [5.41, 5.74) is 1.84. The van der Waals surface area contributed by atoms with Crippen molar-refractivity contribution in [3.8, 4) is 0 Å². The molecule has 1 atom stereocenters. The van der Waals surface area contributed by atoms with Crippen molar-refractivity contribution < 1.29 is 0 Å². The van der Waals surface area contributed by atoms with E-state index in [1.54, 1.807) is 0 Å². The smallest absolute Gasteiger partial charge is 0.00972 e. The van der Waals surface area contributed by atoms with Crippen LogP contribution >= 0.6 is 0 Å². The van der Waals surface area contributed by atoms with E-state index in [9.17, 15) is 0 Å². The first-order chi connectivity index (χ1) is 12.1. The highest BCUT2D eigenvalue weighted by Gasteiger charge is 2.53. The number of nitrogens with zero attached hydrogens (tertiary/aromatic N) is 3. The molecule has 3 aliphatic heterocycles. The first kappa shape index (κ1) is 19.2. The van der Waals surface area contributed by atoms with Gasteiger partial charge in [0, 0.05) is 43.7 Å². The summed E-state index contributed by atoms with van der Waals surface area (Å²) < 4.78 is 0. The van der Waals surface area contributed by atoms with Gasteiger partial charge in [0.25, 0.3) is 0 Å². The molecule has 4 rings (SSSR count). The van der Waals surface area contributed by atoms with Crippen LogP contribution in [0, 0.1) is 22.2 Å². The molecule has 0 N–H and O–H groups in total. The molecule has 3 heterocycles. The van der Waals surface area contributed by atoms with Crippen molar-refractivity contribution in [1.29, 1.82) is 0 Å². The molecule has 1 saturated carbocycles. The van der Waals surface area contributed by atoms with Crippen LogP contribution in [0.3, 0.4) is 0 Å². The minimum Gasteiger partial charge on any atom is -0.306 e. The van der Waals surface area contributed by atoms with Crippen LogP contribution < -0.4 is 0 Å². The third kappa shape index (κ3) is 3.37. The fourth-order valence-corrected chi connectivity index (χ4v) is 6.87. The van der Waals surface area contributed by atoms with Gasteiger partial charge >= 0.3 is 0 Å². The van der Waals surface area contributed by atoms with Crippen LogP contribution in [0.25, 0.3) is 0 Å². The topological polar surface area (TPSA) is 9.72 Å². The van der Waals surface area contributed by atoms with Gasteiger partial charge in [-0.2, -0.15) is 0 Å². The molecule has 3 nitrogen and oxygen atoms in total. The van der Waals surface area contributed by atoms with Crippen LogP contribution in [-0.4, -0.2) is 73.1 Å². The Morgan fingerprint density at radius 3 is 2.08 bits per heavy atom. The van der Waals surface area contributed by atoms with Crippen LogP contribution in [0.2, 0.25) is 0 Å². The molecule has 4 fully saturated rings. The monoisotopic (exact) mass is 361 g/mol. The van der Waals surface area contributed by atoms with Crippen molar-refractivity contribution in [2.75, 3.05) is 46.3 Å². The predicted molar refractivity (Wildman–Crippen MR) is 110 cm³/mol. The summed E-state index contributed by atoms with van der Waals surface area (Å²) in [6, 6.07) is 1.48. The largest absolute Gasteiger partial charge is 0.306 e. The van der Waals surface area contributed by atoms with Gasteiger partial charge in [0.2, 0.25) is 0 Å². The first-order valence-electron chi connectivity index (χ1n) is 11.3. The van der Waals surface area contributed by atoms with Crippen LogP contribution in [0.5, 0.6) is 0 Å². The summed E-state index contributed by atoms with van der Waals surface area (Å²) in [5, 5.41) is 0. The molecule has 1 aliphatic carbocycles. The Labute approximate surface area is 162 Å². The molecule has 0 bridgehead atoms. The van der Waals surface area contributed by atoms with Crippen molar-refractivity contribution in [3.05, 3.63) is 0 Å². The summed E-state index contributed by atoms with van der Waals surface area (Å²) in [7, 11) is 2.30. The second-order valence-corrected chi connectivity index (χ2v) is 11.9. The van der Waals surface area contributed by atoms with E-state index < -0.39 is 0 Å². The quantitative estimate of drug-likeness (QED) is 0.734. The van der Waals surface area contributed by atoms with Gasteiger partial charge in [0.1, 0.15) is 0 Å². The van der Waals surface area contributed by atoms with Crippen LogP contribution in [0.15, 0.2) is 0 Å². The van der Waals surface area contributed by atoms with Crippen LogP contribution in [0.1, 0.15) is 66.7 Å². The summed E-state index contributed by atoms with van der Waals surface area (Å²) in [6.45, 7) is 20.4. The van der Waals surface area contributed by atoms with Crippen molar-refractivity contribution in [1.82, 2.24) is 14.7 Å². The maximum absolute atomic E-state index is 2.83. The summed E-state index contributed by atoms with van der Waals surface area (Å²) >= 11 is 0. The minimum atomic E-state index is 0.505. The number of hydrogen-bond donors (Lipinski definition) is 0. The lowest BCUT2D eigenvalue weighted by atomic mass is 9.53. The van der Waals surface area contributed by atoms with Gasteiger partial charge in [-0.05, 0) is 89.8 Å². The standard InChI is InChI=1S/C23H43N3/c1-18(2)26-16-23(17-26)8-10-25(15-23)19(3)11-21(4,5)20-12-22(13-20)7-9-24(6)14-22/h18-20H,7-17H2,1-6H3. The number of hydrogen-bond acceptors (Lipinski definition) is 3. The molecule has 0 aromatic heterocycles. The summed E-state index contributed by atoms with van der Waals surface area (Å²) in [5.74, 6) is 0.952. The molecular weight excluding hydrogens is 318 g/mol. The third-order valence-corrected chi connectivity index (χ3v) is 8.81. The Morgan fingerprint density at radius 2 is 1.50 bits per heavy atom. The zero-order chi connectivity index (χ0) is 18.7. The zero-order valence-corrected chi connectivity index (χ0v) is 18.4. The SMILES string of the molecule is CC(C)N1CC2(CCN(C(C)CC(C)(C)C3CC4(CCN(C)C4)C3)C2)C1. The molecule has 0 radical (unpaired) electrons. The lowest BCUT2D eigenvalue weighted by Gasteiger charge is -2.53. The van der Waals surface area contributed by atoms with E-state index in [-0.39, 0.29) is 0 Å². The van der Waals surface area contributed by atoms with Gasteiger partial charge in [-0.15, -0.1) is 0 Å². The first-order valence-corrected chi connectivity index (χ1v) is 11.3. The van der Waals surface area contributed by atoms with Crippen LogP contribution in [0.4, 0.5) is 0 Å². The van der Waals surface area contributed by atoms with E-state index in [1.807, 2.05) is 0 Å². The van der Waals surface area contributed by atoms with Gasteiger partial charge < -0.3 is 4.90 Å². The number of likely N-dealkylation sites (tertiary alicyclic amines) is 3. The van der Waals surface area contributed by atoms with Crippen molar-refractivity contribution in [2.24, 2.45) is 22.2 Å². The lowest BCUT2D eigenvalue weighted by Crippen LogP contribution is -2.60. The fraction of sp³-hybridized carbons (Fsp3) is 1.00. The second kappa shape index (κ2) is 6.46. The molecule has 0 aromatic carbocycles. The van der Waals surface area contributed by atoms with Gasteiger partial charge in [-0.25, -0.2) is 0 Å². The Bertz CT molecular complexity index is 514. The summed E-state index contributed by atoms with van der Waals surface area (Å²) in [6.07, 6.45) is 7.24. The highest BCUT2D eigenvalue weighted by atomic mass is 15.3. The molecule has 150 valence electrons. The van der Waals surface area contributed by atoms with Crippen molar-refractivity contribution in [2.45, 2.75) is 78.8 Å². The Balaban J connectivity index is 1.26. The van der Waals surface area contributed by atoms with Crippen molar-refractivity contribution >= 4 is 0 Å². The zero-order valence-electron chi connectivity index (χ0n) is 18.4. The highest BCUT2D eigenvalue weighted by Crippen LogP contribution is 2.58. The minimum absolute atomic E-state index is 0.505. The molecule has 0 amide bonds. The average Bonchev–Trinajstić information content (AvgIpc) is 3.07. The Hall–Kier alpha value is -0.120. The normalized spacial score (nSPS) is 36.8. The Morgan fingerprint density at radius 1 is 0.885 bits per heavy atom. The molecule has 3 saturated heterocycles. The molecule has 4 aliphatic rings. The van der Waals surface area contributed by atoms with Gasteiger partial charge in [-0.1, -0.05) is 13.8 Å². The third-order valence-electron chi connectivity index (χ3n) is 8.81. The van der Waals surface area contributed by atoms with Gasteiger partial charge in [0.15, 0.2) is 0 Å². The number of rotatable bonds is 5. The van der Waals surface area contributed by atoms with E-state index in [2.05, 4.69) is 56.4 Å². The summed E-state index contributed by atoms with van der Waals surface area (Å²) in [4.78, 5) is 8.04. The maximum atomic E-state index is 2.83. The van der Waals surface area contributed by atoms with Crippen LogP contribution in [-0.2, 0) is 0 Å². The van der Waals surface area contributed by atoms with E-state index >= 15 is 0 Å². The predicted octanol–water partition coefficient (Wildman–Crippen LogP) is 3.94. The average molecular weight is 362 g/mol. The van der Waals surface area contributed by atoms with E-state index in [4.69, 9.17) is 0 Å². The van der Waals surface area contributed by atoms with E-state index in [0.717, 1.165) is 18.0 Å². The van der Waals surface area contributed by atoms with E-state index in [1.165, 1.54) is 71.4 Å². The Kier molecular flexibility index (Phi) is 4.77. The van der Waals surface area contributed by atoms with E-state index in [0.29, 0.717) is 16.2 Å². The second-order valence-electron chi connectivity index (χ2n) is 11.9. The molecular formula is C23H43N3. The molecule has 26 heavy (non-hydrogen) atoms. The lowest BCUT2D eigenvalue weighted by molar-refractivity contribution is -0.0342. The van der Waals surface area contributed by atoms with Crippen molar-refractivity contribution in [3.63, 3.8) is 0 Å². The molecule has 0 aromatic rings. The molecule has 3 heteroatoms.